The summed E-state index contributed by atoms with van der Waals surface area (Å²) >= 11 is 0. The van der Waals surface area contributed by atoms with Crippen molar-refractivity contribution in [1.29, 1.82) is 0 Å². The second kappa shape index (κ2) is 5.61. The van der Waals surface area contributed by atoms with Gasteiger partial charge < -0.3 is 20.7 Å². The summed E-state index contributed by atoms with van der Waals surface area (Å²) in [7, 11) is 0. The van der Waals surface area contributed by atoms with Crippen LogP contribution in [0.2, 0.25) is 0 Å². The number of anilines is 1. The van der Waals surface area contributed by atoms with E-state index in [4.69, 9.17) is 5.11 Å². The molecule has 0 atom stereocenters. The molecule has 2 amide bonds. The minimum Gasteiger partial charge on any atom is -0.477 e. The Hall–Kier alpha value is -2.42. The molecule has 0 bridgehead atoms. The molecule has 1 heterocycles. The summed E-state index contributed by atoms with van der Waals surface area (Å²) in [5.41, 5.74) is 0.849. The number of urea groups is 1. The van der Waals surface area contributed by atoms with Gasteiger partial charge in [-0.3, -0.25) is 0 Å². The number of H-pyrrole nitrogens is 1. The minimum atomic E-state index is -1.12. The molecule has 0 aliphatic heterocycles. The molecule has 6 heteroatoms. The molecule has 90 valence electrons. The molecule has 0 saturated heterocycles. The first kappa shape index (κ1) is 12.6. The van der Waals surface area contributed by atoms with Crippen molar-refractivity contribution >= 4 is 17.7 Å². The molecule has 1 aromatic rings. The van der Waals surface area contributed by atoms with Crippen molar-refractivity contribution in [2.75, 3.05) is 11.9 Å². The Morgan fingerprint density at radius 3 is 2.82 bits per heavy atom. The molecule has 0 saturated carbocycles. The number of aromatic amines is 1. The first-order valence-corrected chi connectivity index (χ1v) is 4.92. The summed E-state index contributed by atoms with van der Waals surface area (Å²) in [5.74, 6) is 4.17. The van der Waals surface area contributed by atoms with Gasteiger partial charge in [0.05, 0.1) is 12.2 Å². The van der Waals surface area contributed by atoms with E-state index in [2.05, 4.69) is 27.5 Å². The Balaban J connectivity index is 2.69. The molecule has 0 fully saturated rings. The average Bonchev–Trinajstić information content (AvgIpc) is 2.60. The molecule has 1 rings (SSSR count). The SMILES string of the molecule is CC#CCNC(=O)Nc1cc(C)[nH]c1C(=O)O. The number of rotatable bonds is 3. The third-order valence-corrected chi connectivity index (χ3v) is 1.93. The highest BCUT2D eigenvalue weighted by molar-refractivity contribution is 5.99. The smallest absolute Gasteiger partial charge is 0.354 e. The third-order valence-electron chi connectivity index (χ3n) is 1.93. The van der Waals surface area contributed by atoms with E-state index >= 15 is 0 Å². The van der Waals surface area contributed by atoms with Crippen LogP contribution in [0.3, 0.4) is 0 Å². The Labute approximate surface area is 98.4 Å². The Morgan fingerprint density at radius 1 is 1.53 bits per heavy atom. The molecule has 17 heavy (non-hydrogen) atoms. The lowest BCUT2D eigenvalue weighted by Crippen LogP contribution is -2.29. The maximum Gasteiger partial charge on any atom is 0.354 e. The van der Waals surface area contributed by atoms with E-state index in [-0.39, 0.29) is 17.9 Å². The fraction of sp³-hybridized carbons (Fsp3) is 0.273. The second-order valence-corrected chi connectivity index (χ2v) is 3.28. The number of aromatic carboxylic acids is 1. The van der Waals surface area contributed by atoms with Gasteiger partial charge in [-0.25, -0.2) is 9.59 Å². The predicted octanol–water partition coefficient (Wildman–Crippen LogP) is 1.17. The molecule has 6 nitrogen and oxygen atoms in total. The number of carbonyl (C=O) groups excluding carboxylic acids is 1. The van der Waals surface area contributed by atoms with E-state index < -0.39 is 12.0 Å². The number of carboxylic acid groups (broad SMARTS) is 1. The van der Waals surface area contributed by atoms with Gasteiger partial charge in [0.25, 0.3) is 0 Å². The van der Waals surface area contributed by atoms with Crippen molar-refractivity contribution in [3.8, 4) is 11.8 Å². The van der Waals surface area contributed by atoms with Crippen LogP contribution in [-0.4, -0.2) is 28.6 Å². The van der Waals surface area contributed by atoms with Gasteiger partial charge in [-0.05, 0) is 19.9 Å². The van der Waals surface area contributed by atoms with E-state index in [1.165, 1.54) is 0 Å². The van der Waals surface area contributed by atoms with E-state index in [1.807, 2.05) is 0 Å². The molecular formula is C11H13N3O3. The highest BCUT2D eigenvalue weighted by Gasteiger charge is 2.14. The molecule has 0 spiro atoms. The summed E-state index contributed by atoms with van der Waals surface area (Å²) in [4.78, 5) is 24.9. The normalized spacial score (nSPS) is 9.06. The molecule has 0 radical (unpaired) electrons. The van der Waals surface area contributed by atoms with Crippen molar-refractivity contribution < 1.29 is 14.7 Å². The van der Waals surface area contributed by atoms with Crippen molar-refractivity contribution in [2.45, 2.75) is 13.8 Å². The van der Waals surface area contributed by atoms with Crippen molar-refractivity contribution in [1.82, 2.24) is 10.3 Å². The van der Waals surface area contributed by atoms with Gasteiger partial charge in [-0.1, -0.05) is 5.92 Å². The number of carbonyl (C=O) groups is 2. The Kier molecular flexibility index (Phi) is 4.17. The molecular weight excluding hydrogens is 222 g/mol. The van der Waals surface area contributed by atoms with Gasteiger partial charge >= 0.3 is 12.0 Å². The maximum absolute atomic E-state index is 11.4. The van der Waals surface area contributed by atoms with Crippen LogP contribution in [0.1, 0.15) is 23.1 Å². The van der Waals surface area contributed by atoms with Crippen LogP contribution in [0.25, 0.3) is 0 Å². The zero-order chi connectivity index (χ0) is 12.8. The standard InChI is InChI=1S/C11H13N3O3/c1-3-4-5-12-11(17)14-8-6-7(2)13-9(8)10(15)16/h6,13H,5H2,1-2H3,(H,15,16)(H2,12,14,17). The summed E-state index contributed by atoms with van der Waals surface area (Å²) < 4.78 is 0. The first-order chi connectivity index (χ1) is 8.04. The zero-order valence-corrected chi connectivity index (χ0v) is 9.55. The highest BCUT2D eigenvalue weighted by Crippen LogP contribution is 2.16. The number of aromatic nitrogens is 1. The lowest BCUT2D eigenvalue weighted by Gasteiger charge is -2.04. The fourth-order valence-corrected chi connectivity index (χ4v) is 1.24. The number of amides is 2. The van der Waals surface area contributed by atoms with Crippen LogP contribution in [0.15, 0.2) is 6.07 Å². The van der Waals surface area contributed by atoms with Crippen LogP contribution >= 0.6 is 0 Å². The minimum absolute atomic E-state index is 0.0424. The summed E-state index contributed by atoms with van der Waals surface area (Å²) in [6.45, 7) is 3.59. The van der Waals surface area contributed by atoms with Gasteiger partial charge in [0.15, 0.2) is 0 Å². The average molecular weight is 235 g/mol. The molecule has 0 aliphatic carbocycles. The van der Waals surface area contributed by atoms with Crippen LogP contribution in [0.4, 0.5) is 10.5 Å². The van der Waals surface area contributed by atoms with E-state index in [1.54, 1.807) is 19.9 Å². The van der Waals surface area contributed by atoms with Gasteiger partial charge in [0.1, 0.15) is 5.69 Å². The van der Waals surface area contributed by atoms with Crippen LogP contribution in [-0.2, 0) is 0 Å². The third kappa shape index (κ3) is 3.57. The van der Waals surface area contributed by atoms with E-state index in [9.17, 15) is 9.59 Å². The van der Waals surface area contributed by atoms with Gasteiger partial charge in [0, 0.05) is 5.69 Å². The highest BCUT2D eigenvalue weighted by atomic mass is 16.4. The quantitative estimate of drug-likeness (QED) is 0.592. The molecule has 0 aromatic carbocycles. The molecule has 0 aliphatic rings. The molecule has 1 aromatic heterocycles. The van der Waals surface area contributed by atoms with Crippen molar-refractivity contribution in [2.24, 2.45) is 0 Å². The topological polar surface area (TPSA) is 94.2 Å². The number of hydrogen-bond donors (Lipinski definition) is 4. The molecule has 0 unspecified atom stereocenters. The summed E-state index contributed by atoms with van der Waals surface area (Å²) in [6.07, 6.45) is 0. The van der Waals surface area contributed by atoms with Gasteiger partial charge in [-0.2, -0.15) is 0 Å². The van der Waals surface area contributed by atoms with Crippen LogP contribution in [0.5, 0.6) is 0 Å². The first-order valence-electron chi connectivity index (χ1n) is 4.92. The summed E-state index contributed by atoms with van der Waals surface area (Å²) in [6, 6.07) is 1.06. The van der Waals surface area contributed by atoms with Crippen molar-refractivity contribution in [3.63, 3.8) is 0 Å². The Morgan fingerprint density at radius 2 is 2.24 bits per heavy atom. The fourth-order valence-electron chi connectivity index (χ4n) is 1.24. The van der Waals surface area contributed by atoms with E-state index in [0.29, 0.717) is 5.69 Å². The van der Waals surface area contributed by atoms with Crippen molar-refractivity contribution in [3.05, 3.63) is 17.5 Å². The van der Waals surface area contributed by atoms with Crippen LogP contribution < -0.4 is 10.6 Å². The maximum atomic E-state index is 11.4. The van der Waals surface area contributed by atoms with Crippen LogP contribution in [0, 0.1) is 18.8 Å². The number of nitrogens with one attached hydrogen (secondary N) is 3. The second-order valence-electron chi connectivity index (χ2n) is 3.28. The van der Waals surface area contributed by atoms with Gasteiger partial charge in [0.2, 0.25) is 0 Å². The lowest BCUT2D eigenvalue weighted by molar-refractivity contribution is 0.0692. The number of carboxylic acids is 1. The Bertz CT molecular complexity index is 494. The molecule has 4 N–H and O–H groups in total. The monoisotopic (exact) mass is 235 g/mol. The lowest BCUT2D eigenvalue weighted by atomic mass is 10.3. The number of aryl methyl sites for hydroxylation is 1. The largest absolute Gasteiger partial charge is 0.477 e. The van der Waals surface area contributed by atoms with Gasteiger partial charge in [-0.15, -0.1) is 5.92 Å². The number of hydrogen-bond acceptors (Lipinski definition) is 2. The summed E-state index contributed by atoms with van der Waals surface area (Å²) in [5, 5.41) is 13.8. The zero-order valence-electron chi connectivity index (χ0n) is 9.55. The predicted molar refractivity (Wildman–Crippen MR) is 63.0 cm³/mol. The van der Waals surface area contributed by atoms with E-state index in [0.717, 1.165) is 0 Å².